The summed E-state index contributed by atoms with van der Waals surface area (Å²) < 4.78 is 13.7. The molecule has 4 rings (SSSR count). The van der Waals surface area contributed by atoms with Crippen molar-refractivity contribution >= 4 is 23.2 Å². The van der Waals surface area contributed by atoms with Gasteiger partial charge in [-0.1, -0.05) is 29.8 Å². The van der Waals surface area contributed by atoms with Crippen LogP contribution in [0.5, 0.6) is 5.75 Å². The van der Waals surface area contributed by atoms with Crippen molar-refractivity contribution in [1.29, 1.82) is 0 Å². The molecule has 0 bridgehead atoms. The number of piperidine rings is 1. The topological polar surface area (TPSA) is 64.9 Å². The number of aromatic hydroxyl groups is 1. The summed E-state index contributed by atoms with van der Waals surface area (Å²) in [7, 11) is 0. The molecule has 152 valence electrons. The van der Waals surface area contributed by atoms with E-state index >= 15 is 0 Å². The lowest BCUT2D eigenvalue weighted by molar-refractivity contribution is -0.130. The normalized spacial score (nSPS) is 21.1. The summed E-state index contributed by atoms with van der Waals surface area (Å²) in [5.74, 6) is -0.215. The molecule has 0 saturated carbocycles. The fourth-order valence-electron chi connectivity index (χ4n) is 4.17. The van der Waals surface area contributed by atoms with Gasteiger partial charge in [-0.15, -0.1) is 0 Å². The Labute approximate surface area is 174 Å². The molecule has 1 fully saturated rings. The molecule has 5 nitrogen and oxygen atoms in total. The summed E-state index contributed by atoms with van der Waals surface area (Å²) in [4.78, 5) is 18.6. The van der Waals surface area contributed by atoms with Crippen LogP contribution in [0.25, 0.3) is 0 Å². The van der Waals surface area contributed by atoms with Gasteiger partial charge in [-0.05, 0) is 29.8 Å². The number of hydrogen-bond donors (Lipinski definition) is 2. The molecule has 2 N–H and O–H groups in total. The molecule has 2 aromatic rings. The number of nitrogens with zero attached hydrogens (tertiary/aromatic N) is 2. The van der Waals surface area contributed by atoms with Crippen LogP contribution in [0, 0.1) is 5.82 Å². The second-order valence-electron chi connectivity index (χ2n) is 7.69. The van der Waals surface area contributed by atoms with Gasteiger partial charge >= 0.3 is 0 Å². The van der Waals surface area contributed by atoms with Gasteiger partial charge in [0.1, 0.15) is 17.2 Å². The first-order valence-electron chi connectivity index (χ1n) is 9.72. The molecule has 0 aliphatic carbocycles. The Bertz CT molecular complexity index is 970. The number of para-hydroxylation sites is 1. The molecule has 1 amide bonds. The Morgan fingerprint density at radius 2 is 2.00 bits per heavy atom. The Hall–Kier alpha value is -2.44. The van der Waals surface area contributed by atoms with Crippen LogP contribution < -0.4 is 5.32 Å². The second kappa shape index (κ2) is 7.76. The molecular weight excluding hydrogens is 393 g/mol. The average Bonchev–Trinajstić information content (AvgIpc) is 2.70. The van der Waals surface area contributed by atoms with Gasteiger partial charge in [0, 0.05) is 56.6 Å². The summed E-state index contributed by atoms with van der Waals surface area (Å²) >= 11 is 6.03. The summed E-state index contributed by atoms with van der Waals surface area (Å²) in [6.45, 7) is 2.79. The van der Waals surface area contributed by atoms with Crippen molar-refractivity contribution in [3.05, 3.63) is 64.4 Å². The average molecular weight is 416 g/mol. The molecule has 2 aliphatic rings. The molecule has 0 aromatic heterocycles. The highest BCUT2D eigenvalue weighted by molar-refractivity contribution is 6.30. The fourth-order valence-corrected chi connectivity index (χ4v) is 4.36. The van der Waals surface area contributed by atoms with Gasteiger partial charge in [-0.3, -0.25) is 15.1 Å². The molecule has 1 atom stereocenters. The summed E-state index contributed by atoms with van der Waals surface area (Å²) in [5.41, 5.74) is 1.81. The third kappa shape index (κ3) is 4.00. The molecule has 1 saturated heterocycles. The number of rotatable bonds is 2. The van der Waals surface area contributed by atoms with Crippen LogP contribution >= 0.6 is 11.6 Å². The van der Waals surface area contributed by atoms with Crippen LogP contribution in [-0.4, -0.2) is 40.4 Å². The number of phenolic OH excluding ortho intramolecular Hbond substituents is 1. The van der Waals surface area contributed by atoms with E-state index in [1.54, 1.807) is 31.2 Å². The first-order valence-corrected chi connectivity index (χ1v) is 10.1. The third-order valence-corrected chi connectivity index (χ3v) is 6.08. The predicted molar refractivity (Wildman–Crippen MR) is 111 cm³/mol. The van der Waals surface area contributed by atoms with Crippen LogP contribution in [-0.2, 0) is 4.79 Å². The summed E-state index contributed by atoms with van der Waals surface area (Å²) in [6.07, 6.45) is 1.86. The molecule has 0 unspecified atom stereocenters. The van der Waals surface area contributed by atoms with Crippen LogP contribution in [0.3, 0.4) is 0 Å². The van der Waals surface area contributed by atoms with Gasteiger partial charge in [0.25, 0.3) is 0 Å². The summed E-state index contributed by atoms with van der Waals surface area (Å²) in [6, 6.07) is 11.7. The minimum absolute atomic E-state index is 0.0578. The first kappa shape index (κ1) is 19.9. The second-order valence-corrected chi connectivity index (χ2v) is 8.10. The van der Waals surface area contributed by atoms with Gasteiger partial charge in [-0.25, -0.2) is 4.39 Å². The number of carbonyl (C=O) groups excluding carboxylic acids is 1. The van der Waals surface area contributed by atoms with Gasteiger partial charge in [0.2, 0.25) is 5.91 Å². The smallest absolute Gasteiger partial charge is 0.219 e. The first-order chi connectivity index (χ1) is 13.9. The maximum Gasteiger partial charge on any atom is 0.219 e. The van der Waals surface area contributed by atoms with Gasteiger partial charge in [0.05, 0.1) is 5.02 Å². The van der Waals surface area contributed by atoms with Crippen molar-refractivity contribution in [2.24, 2.45) is 4.99 Å². The molecule has 7 heteroatoms. The van der Waals surface area contributed by atoms with Crippen LogP contribution in [0.15, 0.2) is 47.5 Å². The van der Waals surface area contributed by atoms with Crippen molar-refractivity contribution in [2.75, 3.05) is 13.1 Å². The van der Waals surface area contributed by atoms with E-state index in [4.69, 9.17) is 16.6 Å². The number of hydrogen-bond acceptors (Lipinski definition) is 4. The Morgan fingerprint density at radius 1 is 1.28 bits per heavy atom. The van der Waals surface area contributed by atoms with E-state index < -0.39 is 11.5 Å². The number of aliphatic imine (C=N–C) groups is 1. The maximum atomic E-state index is 13.7. The lowest BCUT2D eigenvalue weighted by atomic mass is 9.87. The van der Waals surface area contributed by atoms with Crippen molar-refractivity contribution in [3.8, 4) is 5.75 Å². The number of carbonyl (C=O) groups is 1. The van der Waals surface area contributed by atoms with Crippen LogP contribution in [0.1, 0.15) is 43.4 Å². The maximum absolute atomic E-state index is 13.7. The fraction of sp³-hybridized carbons (Fsp3) is 0.364. The standard InChI is InChI=1S/C22H23ClFN3O2/c1-14(28)27-10-8-22(9-11-27)25-19(15-6-7-18(24)17(23)12-15)13-20(26-22)16-4-2-3-5-21(16)29/h2-7,12,19,25,29H,8-11,13H2,1H3/t19-/m0/s1. The van der Waals surface area contributed by atoms with Crippen molar-refractivity contribution in [3.63, 3.8) is 0 Å². The zero-order valence-corrected chi connectivity index (χ0v) is 16.9. The number of halogens is 2. The Kier molecular flexibility index (Phi) is 5.32. The molecule has 29 heavy (non-hydrogen) atoms. The minimum atomic E-state index is -0.548. The van der Waals surface area contributed by atoms with Crippen molar-refractivity contribution in [2.45, 2.75) is 37.9 Å². The van der Waals surface area contributed by atoms with Crippen LogP contribution in [0.2, 0.25) is 5.02 Å². The number of likely N-dealkylation sites (tertiary alicyclic amines) is 1. The van der Waals surface area contributed by atoms with Crippen LogP contribution in [0.4, 0.5) is 4.39 Å². The van der Waals surface area contributed by atoms with E-state index in [2.05, 4.69) is 5.32 Å². The summed E-state index contributed by atoms with van der Waals surface area (Å²) in [5, 5.41) is 14.1. The monoisotopic (exact) mass is 415 g/mol. The Balaban J connectivity index is 1.72. The molecule has 2 aliphatic heterocycles. The van der Waals surface area contributed by atoms with Gasteiger partial charge < -0.3 is 10.0 Å². The van der Waals surface area contributed by atoms with Crippen molar-refractivity contribution < 1.29 is 14.3 Å². The number of amides is 1. The molecule has 0 radical (unpaired) electrons. The van der Waals surface area contributed by atoms with E-state index in [1.807, 2.05) is 17.0 Å². The van der Waals surface area contributed by atoms with E-state index in [0.717, 1.165) is 11.3 Å². The third-order valence-electron chi connectivity index (χ3n) is 5.79. The lowest BCUT2D eigenvalue weighted by Crippen LogP contribution is -2.56. The largest absolute Gasteiger partial charge is 0.507 e. The van der Waals surface area contributed by atoms with Gasteiger partial charge in [0.15, 0.2) is 0 Å². The minimum Gasteiger partial charge on any atom is -0.507 e. The van der Waals surface area contributed by atoms with E-state index in [0.29, 0.717) is 37.9 Å². The lowest BCUT2D eigenvalue weighted by Gasteiger charge is -2.45. The number of benzene rings is 2. The van der Waals surface area contributed by atoms with E-state index in [-0.39, 0.29) is 22.7 Å². The quantitative estimate of drug-likeness (QED) is 0.777. The number of nitrogens with one attached hydrogen (secondary N) is 1. The predicted octanol–water partition coefficient (Wildman–Crippen LogP) is 4.05. The molecule has 2 heterocycles. The highest BCUT2D eigenvalue weighted by Crippen LogP contribution is 2.37. The highest BCUT2D eigenvalue weighted by Gasteiger charge is 2.40. The van der Waals surface area contributed by atoms with E-state index in [9.17, 15) is 14.3 Å². The van der Waals surface area contributed by atoms with Gasteiger partial charge in [-0.2, -0.15) is 0 Å². The highest BCUT2D eigenvalue weighted by atomic mass is 35.5. The molecular formula is C22H23ClFN3O2. The SMILES string of the molecule is CC(=O)N1CCC2(CC1)N=C(c1ccccc1O)C[C@@H](c1ccc(F)c(Cl)c1)N2. The zero-order chi connectivity index (χ0) is 20.6. The van der Waals surface area contributed by atoms with Crippen molar-refractivity contribution in [1.82, 2.24) is 10.2 Å². The van der Waals surface area contributed by atoms with E-state index in [1.165, 1.54) is 6.07 Å². The molecule has 2 aromatic carbocycles. The Morgan fingerprint density at radius 3 is 2.66 bits per heavy atom. The molecule has 1 spiro atoms. The zero-order valence-electron chi connectivity index (χ0n) is 16.2. The number of phenols is 1.